The summed E-state index contributed by atoms with van der Waals surface area (Å²) in [5.41, 5.74) is 8.07. The summed E-state index contributed by atoms with van der Waals surface area (Å²) in [5.74, 6) is 0.713. The highest BCUT2D eigenvalue weighted by atomic mass is 16.3. The van der Waals surface area contributed by atoms with Crippen molar-refractivity contribution in [1.82, 2.24) is 4.90 Å². The molecule has 1 amide bonds. The summed E-state index contributed by atoms with van der Waals surface area (Å²) in [4.78, 5) is 14.1. The van der Waals surface area contributed by atoms with Gasteiger partial charge in [0.2, 0.25) is 0 Å². The molecule has 2 aromatic rings. The van der Waals surface area contributed by atoms with E-state index in [1.807, 2.05) is 38.1 Å². The largest absolute Gasteiger partial charge is 0.469 e. The minimum atomic E-state index is -0.0261. The molecule has 4 nitrogen and oxygen atoms in total. The Hall–Kier alpha value is -2.23. The summed E-state index contributed by atoms with van der Waals surface area (Å²) >= 11 is 0. The minimum Gasteiger partial charge on any atom is -0.469 e. The van der Waals surface area contributed by atoms with Crippen LogP contribution >= 0.6 is 0 Å². The Balaban J connectivity index is 2.14. The third-order valence-corrected chi connectivity index (χ3v) is 2.97. The topological polar surface area (TPSA) is 59.5 Å². The molecule has 0 spiro atoms. The van der Waals surface area contributed by atoms with Crippen LogP contribution in [0.4, 0.5) is 5.69 Å². The van der Waals surface area contributed by atoms with Crippen LogP contribution in [0, 0.1) is 6.92 Å². The molecule has 1 aromatic carbocycles. The van der Waals surface area contributed by atoms with E-state index in [1.165, 1.54) is 6.26 Å². The summed E-state index contributed by atoms with van der Waals surface area (Å²) in [7, 11) is 0. The van der Waals surface area contributed by atoms with Gasteiger partial charge in [-0.1, -0.05) is 12.1 Å². The van der Waals surface area contributed by atoms with Crippen molar-refractivity contribution in [2.24, 2.45) is 0 Å². The quantitative estimate of drug-likeness (QED) is 0.858. The summed E-state index contributed by atoms with van der Waals surface area (Å²) in [6.07, 6.45) is 1.50. The van der Waals surface area contributed by atoms with Gasteiger partial charge < -0.3 is 15.1 Å². The molecular formula is C15H18N2O2. The monoisotopic (exact) mass is 258 g/mol. The van der Waals surface area contributed by atoms with E-state index < -0.39 is 0 Å². The third kappa shape index (κ3) is 3.16. The molecule has 0 aliphatic heterocycles. The van der Waals surface area contributed by atoms with Crippen molar-refractivity contribution in [1.29, 1.82) is 0 Å². The second kappa shape index (κ2) is 5.61. The van der Waals surface area contributed by atoms with Gasteiger partial charge in [-0.05, 0) is 37.6 Å². The molecule has 19 heavy (non-hydrogen) atoms. The van der Waals surface area contributed by atoms with Crippen LogP contribution in [0.15, 0.2) is 41.0 Å². The van der Waals surface area contributed by atoms with Crippen LogP contribution in [-0.4, -0.2) is 17.4 Å². The van der Waals surface area contributed by atoms with Crippen LogP contribution in [0.25, 0.3) is 0 Å². The fourth-order valence-electron chi connectivity index (χ4n) is 1.98. The first kappa shape index (κ1) is 13.2. The normalized spacial score (nSPS) is 10.4. The van der Waals surface area contributed by atoms with E-state index in [0.717, 1.165) is 11.3 Å². The number of rotatable bonds is 4. The van der Waals surface area contributed by atoms with E-state index in [4.69, 9.17) is 10.2 Å². The van der Waals surface area contributed by atoms with Crippen LogP contribution in [0.5, 0.6) is 0 Å². The van der Waals surface area contributed by atoms with Crippen LogP contribution in [0.1, 0.15) is 28.6 Å². The molecular weight excluding hydrogens is 240 g/mol. The Labute approximate surface area is 112 Å². The first-order valence-corrected chi connectivity index (χ1v) is 6.29. The highest BCUT2D eigenvalue weighted by molar-refractivity contribution is 5.94. The number of carbonyl (C=O) groups excluding carboxylic acids is 1. The predicted octanol–water partition coefficient (Wildman–Crippen LogP) is 2.83. The van der Waals surface area contributed by atoms with E-state index in [0.29, 0.717) is 24.3 Å². The molecule has 0 unspecified atom stereocenters. The zero-order chi connectivity index (χ0) is 13.8. The van der Waals surface area contributed by atoms with Gasteiger partial charge in [-0.25, -0.2) is 0 Å². The highest BCUT2D eigenvalue weighted by Crippen LogP contribution is 2.14. The predicted molar refractivity (Wildman–Crippen MR) is 74.7 cm³/mol. The lowest BCUT2D eigenvalue weighted by atomic mass is 10.1. The number of benzene rings is 1. The molecule has 2 rings (SSSR count). The lowest BCUT2D eigenvalue weighted by molar-refractivity contribution is 0.0752. The van der Waals surface area contributed by atoms with Gasteiger partial charge in [0.25, 0.3) is 5.91 Å². The lowest BCUT2D eigenvalue weighted by Crippen LogP contribution is -2.30. The van der Waals surface area contributed by atoms with Crippen LogP contribution in [0.3, 0.4) is 0 Å². The van der Waals surface area contributed by atoms with Crippen LogP contribution in [0.2, 0.25) is 0 Å². The lowest BCUT2D eigenvalue weighted by Gasteiger charge is -2.20. The zero-order valence-electron chi connectivity index (χ0n) is 11.2. The number of nitrogens with zero attached hydrogens (tertiary/aromatic N) is 1. The van der Waals surface area contributed by atoms with Crippen LogP contribution < -0.4 is 5.73 Å². The molecule has 100 valence electrons. The minimum absolute atomic E-state index is 0.0261. The van der Waals surface area contributed by atoms with Gasteiger partial charge in [0.15, 0.2) is 0 Å². The summed E-state index contributed by atoms with van der Waals surface area (Å²) in [6.45, 7) is 4.96. The molecule has 1 aromatic heterocycles. The molecule has 2 N–H and O–H groups in total. The Morgan fingerprint density at radius 2 is 2.16 bits per heavy atom. The number of nitrogens with two attached hydrogens (primary N) is 1. The molecule has 1 heterocycles. The molecule has 0 fully saturated rings. The summed E-state index contributed by atoms with van der Waals surface area (Å²) in [5, 5.41) is 0. The number of carbonyl (C=O) groups is 1. The average Bonchev–Trinajstić information content (AvgIpc) is 2.82. The molecule has 0 bridgehead atoms. The molecule has 0 saturated heterocycles. The Bertz CT molecular complexity index is 575. The van der Waals surface area contributed by atoms with Crippen molar-refractivity contribution in [3.8, 4) is 0 Å². The van der Waals surface area contributed by atoms with Gasteiger partial charge >= 0.3 is 0 Å². The van der Waals surface area contributed by atoms with Gasteiger partial charge in [-0.3, -0.25) is 4.79 Å². The number of furan rings is 1. The van der Waals surface area contributed by atoms with E-state index in [-0.39, 0.29) is 5.91 Å². The van der Waals surface area contributed by atoms with Gasteiger partial charge in [0.05, 0.1) is 5.56 Å². The first-order chi connectivity index (χ1) is 9.10. The molecule has 4 heteroatoms. The standard InChI is InChI=1S/C15H18N2O2/c1-3-17(9-12-5-4-6-14(16)8-12)15(18)13-7-11(2)19-10-13/h4-8,10H,3,9,16H2,1-2H3. The third-order valence-electron chi connectivity index (χ3n) is 2.97. The second-order valence-corrected chi connectivity index (χ2v) is 4.51. The maximum Gasteiger partial charge on any atom is 0.257 e. The van der Waals surface area contributed by atoms with Crippen molar-refractivity contribution >= 4 is 11.6 Å². The number of aryl methyl sites for hydroxylation is 1. The number of anilines is 1. The van der Waals surface area contributed by atoms with Gasteiger partial charge in [0.1, 0.15) is 12.0 Å². The average molecular weight is 258 g/mol. The smallest absolute Gasteiger partial charge is 0.257 e. The summed E-state index contributed by atoms with van der Waals surface area (Å²) < 4.78 is 5.18. The van der Waals surface area contributed by atoms with Crippen molar-refractivity contribution in [3.05, 3.63) is 53.5 Å². The van der Waals surface area contributed by atoms with Gasteiger partial charge in [-0.15, -0.1) is 0 Å². The van der Waals surface area contributed by atoms with E-state index in [2.05, 4.69) is 0 Å². The van der Waals surface area contributed by atoms with Crippen LogP contribution in [-0.2, 0) is 6.54 Å². The van der Waals surface area contributed by atoms with Crippen molar-refractivity contribution in [2.45, 2.75) is 20.4 Å². The maximum atomic E-state index is 12.3. The number of nitrogen functional groups attached to an aromatic ring is 1. The Kier molecular flexibility index (Phi) is 3.90. The van der Waals surface area contributed by atoms with E-state index in [1.54, 1.807) is 11.0 Å². The molecule has 0 radical (unpaired) electrons. The highest BCUT2D eigenvalue weighted by Gasteiger charge is 2.16. The van der Waals surface area contributed by atoms with E-state index >= 15 is 0 Å². The van der Waals surface area contributed by atoms with Gasteiger partial charge in [-0.2, -0.15) is 0 Å². The zero-order valence-corrected chi connectivity index (χ0v) is 11.2. The van der Waals surface area contributed by atoms with Gasteiger partial charge in [0, 0.05) is 18.8 Å². The van der Waals surface area contributed by atoms with E-state index in [9.17, 15) is 4.79 Å². The van der Waals surface area contributed by atoms with Crippen molar-refractivity contribution < 1.29 is 9.21 Å². The molecule has 0 aliphatic rings. The first-order valence-electron chi connectivity index (χ1n) is 6.29. The summed E-state index contributed by atoms with van der Waals surface area (Å²) in [6, 6.07) is 9.33. The second-order valence-electron chi connectivity index (χ2n) is 4.51. The maximum absolute atomic E-state index is 12.3. The van der Waals surface area contributed by atoms with Crippen molar-refractivity contribution in [3.63, 3.8) is 0 Å². The number of hydrogen-bond donors (Lipinski definition) is 1. The fraction of sp³-hybridized carbons (Fsp3) is 0.267. The number of amides is 1. The SMILES string of the molecule is CCN(Cc1cccc(N)c1)C(=O)c1coc(C)c1. The fourth-order valence-corrected chi connectivity index (χ4v) is 1.98. The molecule has 0 atom stereocenters. The van der Waals surface area contributed by atoms with Crippen molar-refractivity contribution in [2.75, 3.05) is 12.3 Å². The number of hydrogen-bond acceptors (Lipinski definition) is 3. The Morgan fingerprint density at radius 1 is 1.37 bits per heavy atom. The molecule has 0 saturated carbocycles. The molecule has 0 aliphatic carbocycles. The Morgan fingerprint density at radius 3 is 2.74 bits per heavy atom.